The summed E-state index contributed by atoms with van der Waals surface area (Å²) in [5.41, 5.74) is 0.716. The lowest BCUT2D eigenvalue weighted by molar-refractivity contribution is 0.396. The standard InChI is InChI=1S/C12H19BrN4O/c1-3-17-12(18)11(13)10(7-15-17)16-9-4-5-14-8(2)6-9/h7-9,14,16H,3-6H2,1-2H3. The molecule has 0 aliphatic carbocycles. The Hall–Kier alpha value is -0.880. The number of hydrogen-bond acceptors (Lipinski definition) is 4. The average Bonchev–Trinajstić information content (AvgIpc) is 2.35. The Morgan fingerprint density at radius 1 is 1.67 bits per heavy atom. The molecular weight excluding hydrogens is 296 g/mol. The van der Waals surface area contributed by atoms with Crippen LogP contribution in [-0.4, -0.2) is 28.4 Å². The largest absolute Gasteiger partial charge is 0.380 e. The van der Waals surface area contributed by atoms with Crippen molar-refractivity contribution in [3.8, 4) is 0 Å². The minimum absolute atomic E-state index is 0.0792. The van der Waals surface area contributed by atoms with E-state index in [2.05, 4.69) is 38.6 Å². The molecule has 100 valence electrons. The average molecular weight is 315 g/mol. The maximum Gasteiger partial charge on any atom is 0.283 e. The molecule has 0 radical (unpaired) electrons. The number of nitrogens with zero attached hydrogens (tertiary/aromatic N) is 2. The van der Waals surface area contributed by atoms with Gasteiger partial charge in [-0.2, -0.15) is 5.10 Å². The van der Waals surface area contributed by atoms with E-state index in [0.29, 0.717) is 23.1 Å². The van der Waals surface area contributed by atoms with Crippen LogP contribution in [0.4, 0.5) is 5.69 Å². The molecule has 0 amide bonds. The van der Waals surface area contributed by atoms with E-state index in [1.807, 2.05) is 6.92 Å². The molecular formula is C12H19BrN4O. The first-order chi connectivity index (χ1) is 8.61. The van der Waals surface area contributed by atoms with Crippen molar-refractivity contribution in [2.45, 2.75) is 45.3 Å². The van der Waals surface area contributed by atoms with Gasteiger partial charge >= 0.3 is 0 Å². The summed E-state index contributed by atoms with van der Waals surface area (Å²) in [6.07, 6.45) is 3.85. The molecule has 5 nitrogen and oxygen atoms in total. The van der Waals surface area contributed by atoms with Crippen molar-refractivity contribution in [1.29, 1.82) is 0 Å². The van der Waals surface area contributed by atoms with Crippen molar-refractivity contribution in [1.82, 2.24) is 15.1 Å². The molecule has 1 aliphatic heterocycles. The van der Waals surface area contributed by atoms with E-state index in [1.165, 1.54) is 4.68 Å². The van der Waals surface area contributed by atoms with Gasteiger partial charge < -0.3 is 10.6 Å². The quantitative estimate of drug-likeness (QED) is 0.889. The second kappa shape index (κ2) is 5.84. The highest BCUT2D eigenvalue weighted by atomic mass is 79.9. The molecule has 2 N–H and O–H groups in total. The van der Waals surface area contributed by atoms with E-state index in [-0.39, 0.29) is 5.56 Å². The first kappa shape index (κ1) is 13.5. The fourth-order valence-corrected chi connectivity index (χ4v) is 2.70. The van der Waals surface area contributed by atoms with E-state index >= 15 is 0 Å². The summed E-state index contributed by atoms with van der Waals surface area (Å²) in [4.78, 5) is 11.9. The first-order valence-electron chi connectivity index (χ1n) is 6.37. The molecule has 0 aromatic carbocycles. The molecule has 18 heavy (non-hydrogen) atoms. The summed E-state index contributed by atoms with van der Waals surface area (Å²) in [7, 11) is 0. The Morgan fingerprint density at radius 2 is 2.44 bits per heavy atom. The van der Waals surface area contributed by atoms with E-state index in [9.17, 15) is 4.79 Å². The van der Waals surface area contributed by atoms with E-state index in [1.54, 1.807) is 6.20 Å². The Bertz CT molecular complexity index is 474. The van der Waals surface area contributed by atoms with Crippen molar-refractivity contribution in [2.24, 2.45) is 0 Å². The molecule has 6 heteroatoms. The molecule has 1 saturated heterocycles. The number of anilines is 1. The van der Waals surface area contributed by atoms with Crippen LogP contribution in [-0.2, 0) is 6.54 Å². The van der Waals surface area contributed by atoms with Crippen LogP contribution in [0.5, 0.6) is 0 Å². The Labute approximate surface area is 115 Å². The van der Waals surface area contributed by atoms with Gasteiger partial charge in [0.1, 0.15) is 4.47 Å². The zero-order chi connectivity index (χ0) is 13.1. The molecule has 1 aromatic rings. The number of aryl methyl sites for hydroxylation is 1. The zero-order valence-electron chi connectivity index (χ0n) is 10.7. The summed E-state index contributed by atoms with van der Waals surface area (Å²) >= 11 is 3.36. The molecule has 1 fully saturated rings. The maximum atomic E-state index is 11.9. The molecule has 2 unspecified atom stereocenters. The number of hydrogen-bond donors (Lipinski definition) is 2. The van der Waals surface area contributed by atoms with E-state index in [4.69, 9.17) is 0 Å². The maximum absolute atomic E-state index is 11.9. The highest BCUT2D eigenvalue weighted by Gasteiger charge is 2.19. The van der Waals surface area contributed by atoms with E-state index in [0.717, 1.165) is 25.1 Å². The summed E-state index contributed by atoms with van der Waals surface area (Å²) in [6, 6.07) is 0.912. The van der Waals surface area contributed by atoms with Crippen LogP contribution in [0.3, 0.4) is 0 Å². The van der Waals surface area contributed by atoms with Crippen LogP contribution >= 0.6 is 15.9 Å². The molecule has 2 heterocycles. The fourth-order valence-electron chi connectivity index (χ4n) is 2.27. The highest BCUT2D eigenvalue weighted by molar-refractivity contribution is 9.10. The van der Waals surface area contributed by atoms with Gasteiger partial charge in [-0.1, -0.05) is 0 Å². The summed E-state index contributed by atoms with van der Waals surface area (Å²) < 4.78 is 2.02. The number of rotatable bonds is 3. The Morgan fingerprint density at radius 3 is 3.11 bits per heavy atom. The van der Waals surface area contributed by atoms with Crippen LogP contribution < -0.4 is 16.2 Å². The van der Waals surface area contributed by atoms with Crippen LogP contribution in [0, 0.1) is 0 Å². The van der Waals surface area contributed by atoms with Crippen molar-refractivity contribution < 1.29 is 0 Å². The number of halogens is 1. The van der Waals surface area contributed by atoms with Gasteiger partial charge in [-0.25, -0.2) is 4.68 Å². The Kier molecular flexibility index (Phi) is 4.40. The lowest BCUT2D eigenvalue weighted by Crippen LogP contribution is -2.41. The van der Waals surface area contributed by atoms with Gasteiger partial charge in [0, 0.05) is 18.6 Å². The number of aromatic nitrogens is 2. The minimum Gasteiger partial charge on any atom is -0.380 e. The lowest BCUT2D eigenvalue weighted by Gasteiger charge is -2.29. The molecule has 0 bridgehead atoms. The monoisotopic (exact) mass is 314 g/mol. The van der Waals surface area contributed by atoms with Gasteiger partial charge in [0.2, 0.25) is 0 Å². The van der Waals surface area contributed by atoms with Crippen molar-refractivity contribution in [3.63, 3.8) is 0 Å². The number of nitrogens with one attached hydrogen (secondary N) is 2. The topological polar surface area (TPSA) is 59.0 Å². The van der Waals surface area contributed by atoms with Gasteiger partial charge in [0.25, 0.3) is 5.56 Å². The van der Waals surface area contributed by atoms with Crippen LogP contribution in [0.25, 0.3) is 0 Å². The van der Waals surface area contributed by atoms with Crippen LogP contribution in [0.2, 0.25) is 0 Å². The predicted octanol–water partition coefficient (Wildman–Crippen LogP) is 1.58. The third-order valence-electron chi connectivity index (χ3n) is 3.27. The number of piperidine rings is 1. The predicted molar refractivity (Wildman–Crippen MR) is 76.0 cm³/mol. The molecule has 0 saturated carbocycles. The molecule has 1 aliphatic rings. The smallest absolute Gasteiger partial charge is 0.283 e. The van der Waals surface area contributed by atoms with Gasteiger partial charge in [0.05, 0.1) is 11.9 Å². The third kappa shape index (κ3) is 2.92. The van der Waals surface area contributed by atoms with Gasteiger partial charge in [-0.05, 0) is 49.2 Å². The SMILES string of the molecule is CCn1ncc(NC2CCNC(C)C2)c(Br)c1=O. The molecule has 2 rings (SSSR count). The second-order valence-corrected chi connectivity index (χ2v) is 5.51. The van der Waals surface area contributed by atoms with Gasteiger partial charge in [-0.3, -0.25) is 4.79 Å². The Balaban J connectivity index is 2.14. The fraction of sp³-hybridized carbons (Fsp3) is 0.667. The normalized spacial score (nSPS) is 23.9. The van der Waals surface area contributed by atoms with Crippen LogP contribution in [0.1, 0.15) is 26.7 Å². The minimum atomic E-state index is -0.0792. The van der Waals surface area contributed by atoms with Crippen molar-refractivity contribution in [2.75, 3.05) is 11.9 Å². The van der Waals surface area contributed by atoms with Crippen molar-refractivity contribution in [3.05, 3.63) is 21.0 Å². The molecule has 2 atom stereocenters. The highest BCUT2D eigenvalue weighted by Crippen LogP contribution is 2.20. The lowest BCUT2D eigenvalue weighted by atomic mass is 10.0. The zero-order valence-corrected chi connectivity index (χ0v) is 12.3. The van der Waals surface area contributed by atoms with Gasteiger partial charge in [-0.15, -0.1) is 0 Å². The van der Waals surface area contributed by atoms with Crippen LogP contribution in [0.15, 0.2) is 15.5 Å². The van der Waals surface area contributed by atoms with Gasteiger partial charge in [0.15, 0.2) is 0 Å². The summed E-state index contributed by atoms with van der Waals surface area (Å²) in [6.45, 7) is 5.68. The second-order valence-electron chi connectivity index (χ2n) is 4.71. The third-order valence-corrected chi connectivity index (χ3v) is 4.03. The van der Waals surface area contributed by atoms with E-state index < -0.39 is 0 Å². The molecule has 0 spiro atoms. The first-order valence-corrected chi connectivity index (χ1v) is 7.16. The summed E-state index contributed by atoms with van der Waals surface area (Å²) in [5.74, 6) is 0. The molecule has 1 aromatic heterocycles. The summed E-state index contributed by atoms with van der Waals surface area (Å²) in [5, 5.41) is 11.0. The van der Waals surface area contributed by atoms with Crippen molar-refractivity contribution >= 4 is 21.6 Å².